The number of aryl methyl sites for hydroxylation is 1. The SMILES string of the molecule is COc1c(C)cccc1N/C(=C/C(C)=O)c1ccc(F)cc1. The lowest BCUT2D eigenvalue weighted by molar-refractivity contribution is -0.112. The second-order valence-electron chi connectivity index (χ2n) is 4.96. The molecule has 2 aromatic rings. The third kappa shape index (κ3) is 3.73. The average molecular weight is 299 g/mol. The van der Waals surface area contributed by atoms with Gasteiger partial charge >= 0.3 is 0 Å². The summed E-state index contributed by atoms with van der Waals surface area (Å²) in [6.45, 7) is 3.41. The van der Waals surface area contributed by atoms with Crippen LogP contribution in [0.1, 0.15) is 18.1 Å². The molecule has 0 aliphatic heterocycles. The van der Waals surface area contributed by atoms with Crippen LogP contribution in [-0.2, 0) is 4.79 Å². The van der Waals surface area contributed by atoms with Crippen LogP contribution in [0.2, 0.25) is 0 Å². The molecule has 0 atom stereocenters. The third-order valence-corrected chi connectivity index (χ3v) is 3.19. The van der Waals surface area contributed by atoms with E-state index in [2.05, 4.69) is 5.32 Å². The van der Waals surface area contributed by atoms with Crippen LogP contribution in [0.3, 0.4) is 0 Å². The highest BCUT2D eigenvalue weighted by Gasteiger charge is 2.09. The predicted octanol–water partition coefficient (Wildman–Crippen LogP) is 4.18. The molecule has 114 valence electrons. The zero-order valence-electron chi connectivity index (χ0n) is 12.8. The minimum Gasteiger partial charge on any atom is -0.494 e. The average Bonchev–Trinajstić information content (AvgIpc) is 2.47. The normalized spacial score (nSPS) is 11.2. The molecule has 0 aliphatic carbocycles. The highest BCUT2D eigenvalue weighted by molar-refractivity contribution is 5.97. The molecule has 0 radical (unpaired) electrons. The zero-order chi connectivity index (χ0) is 16.1. The molecule has 1 N–H and O–H groups in total. The van der Waals surface area contributed by atoms with Crippen molar-refractivity contribution in [3.63, 3.8) is 0 Å². The van der Waals surface area contributed by atoms with Crippen LogP contribution in [0.25, 0.3) is 5.70 Å². The zero-order valence-corrected chi connectivity index (χ0v) is 12.8. The van der Waals surface area contributed by atoms with E-state index in [1.165, 1.54) is 25.1 Å². The van der Waals surface area contributed by atoms with Gasteiger partial charge in [0.25, 0.3) is 0 Å². The van der Waals surface area contributed by atoms with E-state index in [0.717, 1.165) is 16.8 Å². The Bertz CT molecular complexity index is 706. The van der Waals surface area contributed by atoms with Crippen LogP contribution in [0.4, 0.5) is 10.1 Å². The van der Waals surface area contributed by atoms with Gasteiger partial charge in [-0.3, -0.25) is 4.79 Å². The number of anilines is 1. The van der Waals surface area contributed by atoms with Crippen molar-refractivity contribution in [2.75, 3.05) is 12.4 Å². The van der Waals surface area contributed by atoms with Crippen LogP contribution >= 0.6 is 0 Å². The van der Waals surface area contributed by atoms with Crippen molar-refractivity contribution in [2.24, 2.45) is 0 Å². The molecule has 0 saturated carbocycles. The number of benzene rings is 2. The quantitative estimate of drug-likeness (QED) is 0.842. The van der Waals surface area contributed by atoms with Crippen molar-refractivity contribution in [3.8, 4) is 5.75 Å². The summed E-state index contributed by atoms with van der Waals surface area (Å²) in [7, 11) is 1.60. The van der Waals surface area contributed by atoms with Gasteiger partial charge in [-0.25, -0.2) is 4.39 Å². The molecule has 0 amide bonds. The predicted molar refractivity (Wildman–Crippen MR) is 86.4 cm³/mol. The van der Waals surface area contributed by atoms with Crippen molar-refractivity contribution in [1.82, 2.24) is 0 Å². The maximum absolute atomic E-state index is 13.1. The van der Waals surface area contributed by atoms with Gasteiger partial charge in [0.15, 0.2) is 5.78 Å². The van der Waals surface area contributed by atoms with Gasteiger partial charge in [-0.05, 0) is 55.3 Å². The number of allylic oxidation sites excluding steroid dienone is 1. The first-order valence-electron chi connectivity index (χ1n) is 6.90. The molecule has 2 aromatic carbocycles. The van der Waals surface area contributed by atoms with E-state index < -0.39 is 0 Å². The maximum Gasteiger partial charge on any atom is 0.154 e. The Morgan fingerprint density at radius 1 is 1.18 bits per heavy atom. The number of para-hydroxylation sites is 1. The molecule has 0 fully saturated rings. The van der Waals surface area contributed by atoms with Crippen LogP contribution in [0.15, 0.2) is 48.5 Å². The molecule has 0 spiro atoms. The number of ketones is 1. The van der Waals surface area contributed by atoms with E-state index in [1.807, 2.05) is 25.1 Å². The number of rotatable bonds is 5. The largest absolute Gasteiger partial charge is 0.494 e. The van der Waals surface area contributed by atoms with Gasteiger partial charge in [0, 0.05) is 11.8 Å². The molecule has 0 aromatic heterocycles. The number of hydrogen-bond donors (Lipinski definition) is 1. The second-order valence-corrected chi connectivity index (χ2v) is 4.96. The van der Waals surface area contributed by atoms with Crippen molar-refractivity contribution in [3.05, 3.63) is 65.5 Å². The summed E-state index contributed by atoms with van der Waals surface area (Å²) in [5, 5.41) is 3.20. The first-order valence-corrected chi connectivity index (χ1v) is 6.90. The van der Waals surface area contributed by atoms with Crippen molar-refractivity contribution >= 4 is 17.2 Å². The van der Waals surface area contributed by atoms with E-state index in [1.54, 1.807) is 19.2 Å². The fraction of sp³-hybridized carbons (Fsp3) is 0.167. The third-order valence-electron chi connectivity index (χ3n) is 3.19. The molecule has 0 heterocycles. The fourth-order valence-corrected chi connectivity index (χ4v) is 2.19. The van der Waals surface area contributed by atoms with Crippen LogP contribution in [-0.4, -0.2) is 12.9 Å². The first kappa shape index (κ1) is 15.8. The summed E-state index contributed by atoms with van der Waals surface area (Å²) >= 11 is 0. The Hall–Kier alpha value is -2.62. The molecule has 0 aliphatic rings. The first-order chi connectivity index (χ1) is 10.5. The molecule has 3 nitrogen and oxygen atoms in total. The lowest BCUT2D eigenvalue weighted by atomic mass is 10.1. The summed E-state index contributed by atoms with van der Waals surface area (Å²) in [5.41, 5.74) is 3.05. The Morgan fingerprint density at radius 2 is 1.86 bits per heavy atom. The molecular weight excluding hydrogens is 281 g/mol. The van der Waals surface area contributed by atoms with E-state index in [-0.39, 0.29) is 11.6 Å². The van der Waals surface area contributed by atoms with Gasteiger partial charge in [0.2, 0.25) is 0 Å². The standard InChI is InChI=1S/C18H18FNO2/c1-12-5-4-6-16(18(12)22-3)20-17(11-13(2)21)14-7-9-15(19)10-8-14/h4-11,20H,1-3H3/b17-11+. The minimum atomic E-state index is -0.320. The van der Waals surface area contributed by atoms with Gasteiger partial charge in [-0.15, -0.1) is 0 Å². The lowest BCUT2D eigenvalue weighted by Crippen LogP contribution is -2.04. The Labute approximate surface area is 129 Å². The molecule has 0 unspecified atom stereocenters. The van der Waals surface area contributed by atoms with Crippen LogP contribution in [0.5, 0.6) is 5.75 Å². The summed E-state index contributed by atoms with van der Waals surface area (Å²) in [6.07, 6.45) is 1.48. The van der Waals surface area contributed by atoms with E-state index in [4.69, 9.17) is 4.74 Å². The van der Waals surface area contributed by atoms with E-state index >= 15 is 0 Å². The number of halogens is 1. The fourth-order valence-electron chi connectivity index (χ4n) is 2.19. The monoisotopic (exact) mass is 299 g/mol. The Kier molecular flexibility index (Phi) is 4.94. The number of carbonyl (C=O) groups is 1. The molecular formula is C18H18FNO2. The topological polar surface area (TPSA) is 38.3 Å². The number of carbonyl (C=O) groups excluding carboxylic acids is 1. The summed E-state index contributed by atoms with van der Waals surface area (Å²) in [5.74, 6) is 0.288. The number of methoxy groups -OCH3 is 1. The summed E-state index contributed by atoms with van der Waals surface area (Å²) in [4.78, 5) is 11.5. The minimum absolute atomic E-state index is 0.0987. The summed E-state index contributed by atoms with van der Waals surface area (Å²) < 4.78 is 18.5. The van der Waals surface area contributed by atoms with Crippen molar-refractivity contribution in [1.29, 1.82) is 0 Å². The molecule has 0 bridgehead atoms. The molecule has 22 heavy (non-hydrogen) atoms. The lowest BCUT2D eigenvalue weighted by Gasteiger charge is -2.16. The Balaban J connectivity index is 2.42. The highest BCUT2D eigenvalue weighted by Crippen LogP contribution is 2.31. The van der Waals surface area contributed by atoms with E-state index in [9.17, 15) is 9.18 Å². The van der Waals surface area contributed by atoms with Gasteiger partial charge in [-0.2, -0.15) is 0 Å². The maximum atomic E-state index is 13.1. The van der Waals surface area contributed by atoms with Crippen molar-refractivity contribution in [2.45, 2.75) is 13.8 Å². The number of nitrogens with one attached hydrogen (secondary N) is 1. The van der Waals surface area contributed by atoms with Gasteiger partial charge in [0.1, 0.15) is 11.6 Å². The molecule has 4 heteroatoms. The van der Waals surface area contributed by atoms with Crippen molar-refractivity contribution < 1.29 is 13.9 Å². The molecule has 2 rings (SSSR count). The Morgan fingerprint density at radius 3 is 2.45 bits per heavy atom. The van der Waals surface area contributed by atoms with Gasteiger partial charge in [0.05, 0.1) is 12.8 Å². The number of ether oxygens (including phenoxy) is 1. The van der Waals surface area contributed by atoms with E-state index in [0.29, 0.717) is 11.4 Å². The summed E-state index contributed by atoms with van der Waals surface area (Å²) in [6, 6.07) is 11.7. The van der Waals surface area contributed by atoms with Gasteiger partial charge < -0.3 is 10.1 Å². The number of hydrogen-bond acceptors (Lipinski definition) is 3. The highest BCUT2D eigenvalue weighted by atomic mass is 19.1. The van der Waals surface area contributed by atoms with Crippen LogP contribution < -0.4 is 10.1 Å². The van der Waals surface area contributed by atoms with Gasteiger partial charge in [-0.1, -0.05) is 12.1 Å². The van der Waals surface area contributed by atoms with Crippen LogP contribution in [0, 0.1) is 12.7 Å². The molecule has 0 saturated heterocycles. The smallest absolute Gasteiger partial charge is 0.154 e. The second kappa shape index (κ2) is 6.89.